The third-order valence-corrected chi connectivity index (χ3v) is 8.11. The van der Waals surface area contributed by atoms with Crippen molar-refractivity contribution in [2.24, 2.45) is 5.92 Å². The van der Waals surface area contributed by atoms with Gasteiger partial charge in [-0.15, -0.1) is 0 Å². The molecule has 0 aromatic carbocycles. The van der Waals surface area contributed by atoms with E-state index in [4.69, 9.17) is 19.7 Å². The van der Waals surface area contributed by atoms with Crippen LogP contribution in [0.4, 0.5) is 5.82 Å². The van der Waals surface area contributed by atoms with Crippen LogP contribution in [0, 0.1) is 5.92 Å². The second kappa shape index (κ2) is 21.1. The molecule has 0 aliphatic heterocycles. The lowest BCUT2D eigenvalue weighted by Crippen LogP contribution is -2.24. The van der Waals surface area contributed by atoms with Crippen LogP contribution in [0.2, 0.25) is 0 Å². The topological polar surface area (TPSA) is 155 Å². The van der Waals surface area contributed by atoms with E-state index in [1.54, 1.807) is 4.57 Å². The summed E-state index contributed by atoms with van der Waals surface area (Å²) in [7, 11) is -3.96. The zero-order valence-electron chi connectivity index (χ0n) is 25.3. The predicted molar refractivity (Wildman–Crippen MR) is 163 cm³/mol. The Bertz CT molecular complexity index is 992. The molecule has 2 aromatic rings. The number of nitrogens with zero attached hydrogens (tertiary/aromatic N) is 4. The summed E-state index contributed by atoms with van der Waals surface area (Å²) in [5.74, 6) is 1.09. The minimum Gasteiger partial charge on any atom is -0.394 e. The SMILES string of the molecule is CC(C)CCCCCCCCCCCCCCOCCCOP(=O)(O)CO[C@H](CO)Cn1cnc2c(N)ncnc21. The van der Waals surface area contributed by atoms with Gasteiger partial charge in [0.2, 0.25) is 0 Å². The lowest BCUT2D eigenvalue weighted by atomic mass is 10.0. The Balaban J connectivity index is 1.40. The number of unbranched alkanes of at least 4 members (excludes halogenated alkanes) is 11. The average molecular weight is 600 g/mol. The molecule has 0 radical (unpaired) electrons. The molecule has 0 amide bonds. The Hall–Kier alpha value is -1.62. The first kappa shape index (κ1) is 35.6. The van der Waals surface area contributed by atoms with E-state index in [9.17, 15) is 14.6 Å². The normalized spacial score (nSPS) is 14.2. The van der Waals surface area contributed by atoms with Crippen LogP contribution >= 0.6 is 7.60 Å². The molecule has 0 bridgehead atoms. The lowest BCUT2D eigenvalue weighted by Gasteiger charge is -2.19. The van der Waals surface area contributed by atoms with Crippen molar-refractivity contribution in [3.8, 4) is 0 Å². The van der Waals surface area contributed by atoms with E-state index in [0.29, 0.717) is 30.8 Å². The fraction of sp³-hybridized carbons (Fsp3) is 0.828. The van der Waals surface area contributed by atoms with Crippen LogP contribution < -0.4 is 5.73 Å². The number of fused-ring (bicyclic) bond motifs is 1. The first-order valence-corrected chi connectivity index (χ1v) is 17.3. The standard InChI is InChI=1S/C29H54N5O6P/c1-25(2)16-13-11-9-7-5-3-4-6-8-10-12-14-17-38-18-15-19-40-41(36,37)24-39-26(21-35)20-34-23-33-27-28(30)31-22-32-29(27)34/h22-23,25-26,35H,3-21,24H2,1-2H3,(H,36,37)(H2,30,31,32)/t26-/m0/s1. The zero-order valence-corrected chi connectivity index (χ0v) is 26.2. The summed E-state index contributed by atoms with van der Waals surface area (Å²) in [6, 6.07) is 0. The van der Waals surface area contributed by atoms with E-state index in [-0.39, 0.29) is 25.6 Å². The maximum Gasteiger partial charge on any atom is 0.353 e. The molecule has 0 fully saturated rings. The molecule has 236 valence electrons. The number of aliphatic hydroxyl groups is 1. The fourth-order valence-corrected chi connectivity index (χ4v) is 5.53. The summed E-state index contributed by atoms with van der Waals surface area (Å²) in [6.07, 6.45) is 19.3. The van der Waals surface area contributed by atoms with Crippen LogP contribution in [0.15, 0.2) is 12.7 Å². The van der Waals surface area contributed by atoms with Crippen molar-refractivity contribution in [1.82, 2.24) is 19.5 Å². The number of aliphatic hydroxyl groups excluding tert-OH is 1. The van der Waals surface area contributed by atoms with E-state index in [1.807, 2.05) is 0 Å². The van der Waals surface area contributed by atoms with Crippen molar-refractivity contribution in [1.29, 1.82) is 0 Å². The Morgan fingerprint density at radius 1 is 0.878 bits per heavy atom. The zero-order chi connectivity index (χ0) is 29.8. The fourth-order valence-electron chi connectivity index (χ4n) is 4.65. The van der Waals surface area contributed by atoms with E-state index in [0.717, 1.165) is 12.3 Å². The summed E-state index contributed by atoms with van der Waals surface area (Å²) in [4.78, 5) is 22.3. The number of imidazole rings is 1. The van der Waals surface area contributed by atoms with Crippen LogP contribution in [0.5, 0.6) is 0 Å². The third-order valence-electron chi connectivity index (χ3n) is 7.05. The largest absolute Gasteiger partial charge is 0.394 e. The molecule has 0 saturated heterocycles. The molecule has 2 atom stereocenters. The molecule has 2 heterocycles. The number of nitrogens with two attached hydrogens (primary N) is 1. The molecular formula is C29H54N5O6P. The Labute approximate surface area is 246 Å². The minimum atomic E-state index is -3.96. The molecule has 0 saturated carbocycles. The third kappa shape index (κ3) is 16.0. The average Bonchev–Trinajstić information content (AvgIpc) is 3.36. The summed E-state index contributed by atoms with van der Waals surface area (Å²) >= 11 is 0. The molecule has 11 nitrogen and oxygen atoms in total. The van der Waals surface area contributed by atoms with Crippen LogP contribution in [0.1, 0.15) is 104 Å². The predicted octanol–water partition coefficient (Wildman–Crippen LogP) is 6.08. The number of ether oxygens (including phenoxy) is 2. The van der Waals surface area contributed by atoms with Crippen molar-refractivity contribution in [3.05, 3.63) is 12.7 Å². The number of aromatic nitrogens is 4. The quantitative estimate of drug-likeness (QED) is 0.0856. The van der Waals surface area contributed by atoms with Gasteiger partial charge in [0.15, 0.2) is 11.5 Å². The summed E-state index contributed by atoms with van der Waals surface area (Å²) in [5, 5.41) is 9.65. The smallest absolute Gasteiger partial charge is 0.353 e. The van der Waals surface area contributed by atoms with Gasteiger partial charge in [0, 0.05) is 13.2 Å². The highest BCUT2D eigenvalue weighted by atomic mass is 31.2. The monoisotopic (exact) mass is 599 g/mol. The summed E-state index contributed by atoms with van der Waals surface area (Å²) < 4.78 is 30.2. The Kier molecular flexibility index (Phi) is 18.3. The molecule has 4 N–H and O–H groups in total. The van der Waals surface area contributed by atoms with Gasteiger partial charge in [0.1, 0.15) is 18.2 Å². The van der Waals surface area contributed by atoms with Crippen molar-refractivity contribution in [2.75, 3.05) is 38.5 Å². The van der Waals surface area contributed by atoms with Crippen molar-refractivity contribution in [2.45, 2.75) is 116 Å². The Morgan fingerprint density at radius 3 is 2.12 bits per heavy atom. The van der Waals surface area contributed by atoms with Gasteiger partial charge >= 0.3 is 7.60 Å². The summed E-state index contributed by atoms with van der Waals surface area (Å²) in [5.41, 5.74) is 6.73. The van der Waals surface area contributed by atoms with Crippen LogP contribution in [0.25, 0.3) is 11.2 Å². The van der Waals surface area contributed by atoms with E-state index in [1.165, 1.54) is 89.7 Å². The lowest BCUT2D eigenvalue weighted by molar-refractivity contribution is 0.0175. The number of nitrogen functional groups attached to an aromatic ring is 1. The molecule has 0 spiro atoms. The van der Waals surface area contributed by atoms with Crippen LogP contribution in [-0.4, -0.2) is 68.4 Å². The van der Waals surface area contributed by atoms with Crippen molar-refractivity contribution in [3.63, 3.8) is 0 Å². The summed E-state index contributed by atoms with van der Waals surface area (Å²) in [6.45, 7) is 5.72. The molecular weight excluding hydrogens is 545 g/mol. The van der Waals surface area contributed by atoms with Crippen molar-refractivity contribution >= 4 is 24.6 Å². The molecule has 41 heavy (non-hydrogen) atoms. The number of anilines is 1. The molecule has 2 aromatic heterocycles. The van der Waals surface area contributed by atoms with E-state index in [2.05, 4.69) is 28.8 Å². The van der Waals surface area contributed by atoms with Gasteiger partial charge in [-0.25, -0.2) is 15.0 Å². The molecule has 0 aliphatic rings. The molecule has 0 aliphatic carbocycles. The maximum absolute atomic E-state index is 12.3. The first-order chi connectivity index (χ1) is 19.8. The van der Waals surface area contributed by atoms with Gasteiger partial charge in [-0.1, -0.05) is 90.9 Å². The van der Waals surface area contributed by atoms with Crippen LogP contribution in [0.3, 0.4) is 0 Å². The molecule has 2 rings (SSSR count). The highest BCUT2D eigenvalue weighted by Crippen LogP contribution is 2.42. The number of hydrogen-bond acceptors (Lipinski definition) is 9. The van der Waals surface area contributed by atoms with Crippen molar-refractivity contribution < 1.29 is 28.6 Å². The Morgan fingerprint density at radius 2 is 1.49 bits per heavy atom. The van der Waals surface area contributed by atoms with Gasteiger partial charge in [-0.2, -0.15) is 0 Å². The maximum atomic E-state index is 12.3. The second-order valence-electron chi connectivity index (χ2n) is 11.3. The molecule has 12 heteroatoms. The van der Waals surface area contributed by atoms with Gasteiger partial charge in [-0.05, 0) is 18.8 Å². The van der Waals surface area contributed by atoms with Gasteiger partial charge < -0.3 is 34.3 Å². The highest BCUT2D eigenvalue weighted by molar-refractivity contribution is 7.52. The van der Waals surface area contributed by atoms with Gasteiger partial charge in [0.05, 0.1) is 32.2 Å². The molecule has 1 unspecified atom stereocenters. The number of hydrogen-bond donors (Lipinski definition) is 3. The highest BCUT2D eigenvalue weighted by Gasteiger charge is 2.23. The van der Waals surface area contributed by atoms with Gasteiger partial charge in [0.25, 0.3) is 0 Å². The van der Waals surface area contributed by atoms with Crippen LogP contribution in [-0.2, 0) is 25.1 Å². The van der Waals surface area contributed by atoms with E-state index < -0.39 is 20.0 Å². The minimum absolute atomic E-state index is 0.0984. The van der Waals surface area contributed by atoms with E-state index >= 15 is 0 Å². The first-order valence-electron chi connectivity index (χ1n) is 15.5. The van der Waals surface area contributed by atoms with Gasteiger partial charge in [-0.3, -0.25) is 4.57 Å². The second-order valence-corrected chi connectivity index (χ2v) is 13.1. The number of rotatable bonds is 26.